The third-order valence-electron chi connectivity index (χ3n) is 0.780. The Labute approximate surface area is 101 Å². The van der Waals surface area contributed by atoms with Gasteiger partial charge in [0.05, 0.1) is 0 Å². The molecule has 0 aromatic carbocycles. The molecule has 0 fully saturated rings. The smallest absolute Gasteiger partial charge is 0.545 e. The van der Waals surface area contributed by atoms with Crippen LogP contribution in [0.4, 0.5) is 0 Å². The quantitative estimate of drug-likeness (QED) is 0.471. The average molecular weight is 262 g/mol. The molecule has 0 aliphatic heterocycles. The first-order valence-corrected chi connectivity index (χ1v) is 7.30. The second-order valence-corrected chi connectivity index (χ2v) is 8.96. The molecule has 0 aliphatic carbocycles. The van der Waals surface area contributed by atoms with Crippen LogP contribution in [0, 0.1) is 14.4 Å². The molecule has 0 saturated carbocycles. The number of hydrogen-bond acceptors (Lipinski definition) is 2. The molecular weight excluding hydrogens is 239 g/mol. The van der Waals surface area contributed by atoms with E-state index >= 15 is 0 Å². The largest absolute Gasteiger partial charge is 3.00 e. The number of allylic oxidation sites excluding steroid dienone is 1. The van der Waals surface area contributed by atoms with Gasteiger partial charge in [-0.1, -0.05) is 25.7 Å². The molecule has 0 aromatic rings. The van der Waals surface area contributed by atoms with Crippen LogP contribution in [0.5, 0.6) is 0 Å². The standard InChI is InChI=1S/C7H15Si.CH4O.CHO.CH3.Co/c1-7(2)6-8(3,4)5;2*1-2;;/h1-2,6H2,3-5H3;2H,1H3;1H;1H3;/q-1;;2*-1;+3. The topological polar surface area (TPSA) is 37.3 Å². The summed E-state index contributed by atoms with van der Waals surface area (Å²) in [7, 11) is 0.118. The van der Waals surface area contributed by atoms with Crippen molar-refractivity contribution < 1.29 is 26.7 Å². The fourth-order valence-electron chi connectivity index (χ4n) is 0.750. The van der Waals surface area contributed by atoms with Crippen LogP contribution in [0.3, 0.4) is 0 Å². The summed E-state index contributed by atoms with van der Waals surface area (Å²) in [5, 5.41) is 7.00. The van der Waals surface area contributed by atoms with Crippen molar-refractivity contribution in [3.63, 3.8) is 0 Å². The first-order chi connectivity index (χ1) is 5.42. The summed E-state index contributed by atoms with van der Waals surface area (Å²) < 4.78 is 0. The Morgan fingerprint density at radius 3 is 1.57 bits per heavy atom. The Morgan fingerprint density at radius 2 is 1.57 bits per heavy atom. The minimum absolute atomic E-state index is 0. The first kappa shape index (κ1) is 29.2. The van der Waals surface area contributed by atoms with Gasteiger partial charge in [0.1, 0.15) is 0 Å². The van der Waals surface area contributed by atoms with Crippen molar-refractivity contribution in [3.8, 4) is 0 Å². The third kappa shape index (κ3) is 58.4. The average Bonchev–Trinajstić information content (AvgIpc) is 1.91. The predicted octanol–water partition coefficient (Wildman–Crippen LogP) is 2.50. The van der Waals surface area contributed by atoms with Crippen LogP contribution in [-0.4, -0.2) is 27.1 Å². The molecule has 0 saturated heterocycles. The van der Waals surface area contributed by atoms with Gasteiger partial charge in [-0.25, -0.2) is 19.1 Å². The Bertz CT molecular complexity index is 111. The maximum atomic E-state index is 7.75. The molecular formula is C10H23CoO2Si. The predicted molar refractivity (Wildman–Crippen MR) is 64.0 cm³/mol. The van der Waals surface area contributed by atoms with Gasteiger partial charge in [0.2, 0.25) is 0 Å². The van der Waals surface area contributed by atoms with Gasteiger partial charge in [-0.15, -0.1) is 0 Å². The number of aliphatic hydroxyl groups excluding tert-OH is 1. The van der Waals surface area contributed by atoms with Crippen LogP contribution in [0.1, 0.15) is 0 Å². The van der Waals surface area contributed by atoms with Gasteiger partial charge >= 0.3 is 16.8 Å². The van der Waals surface area contributed by atoms with Crippen molar-refractivity contribution in [1.82, 2.24) is 0 Å². The summed E-state index contributed by atoms with van der Waals surface area (Å²) >= 11 is 0. The summed E-state index contributed by atoms with van der Waals surface area (Å²) in [6.07, 6.45) is 0. The summed E-state index contributed by atoms with van der Waals surface area (Å²) in [6, 6.07) is 1.16. The minimum atomic E-state index is -0.882. The van der Waals surface area contributed by atoms with Gasteiger partial charge in [0.25, 0.3) is 0 Å². The van der Waals surface area contributed by atoms with Gasteiger partial charge in [-0.2, -0.15) is 0 Å². The Kier molecular flexibility index (Phi) is 39.0. The minimum Gasteiger partial charge on any atom is -0.545 e. The second-order valence-electron chi connectivity index (χ2n) is 3.49. The van der Waals surface area contributed by atoms with Gasteiger partial charge in [-0.3, -0.25) is 6.79 Å². The van der Waals surface area contributed by atoms with E-state index in [-0.39, 0.29) is 24.2 Å². The maximum absolute atomic E-state index is 7.75. The van der Waals surface area contributed by atoms with Crippen molar-refractivity contribution in [2.75, 3.05) is 7.11 Å². The van der Waals surface area contributed by atoms with Crippen molar-refractivity contribution in [3.05, 3.63) is 26.5 Å². The molecule has 0 atom stereocenters. The van der Waals surface area contributed by atoms with E-state index in [0.717, 1.165) is 18.7 Å². The molecule has 2 nitrogen and oxygen atoms in total. The molecule has 0 amide bonds. The van der Waals surface area contributed by atoms with Crippen LogP contribution in [0.15, 0.2) is 12.2 Å². The van der Waals surface area contributed by atoms with Crippen LogP contribution in [0.25, 0.3) is 0 Å². The summed E-state index contributed by atoms with van der Waals surface area (Å²) in [6.45, 7) is 17.7. The van der Waals surface area contributed by atoms with Crippen molar-refractivity contribution in [2.45, 2.75) is 25.7 Å². The molecule has 0 heterocycles. The number of aliphatic hydroxyl groups is 1. The SMILES string of the molecule is C=C([CH2-])C[Si](C)(C)C.CO.[CH-]=O.[CH3-].[Co+3]. The van der Waals surface area contributed by atoms with E-state index in [1.54, 1.807) is 0 Å². The van der Waals surface area contributed by atoms with Crippen LogP contribution < -0.4 is 0 Å². The van der Waals surface area contributed by atoms with E-state index < -0.39 is 8.07 Å². The number of rotatable bonds is 2. The van der Waals surface area contributed by atoms with Crippen LogP contribution in [0.2, 0.25) is 25.7 Å². The Balaban J connectivity index is -0.0000000400. The molecule has 0 rings (SSSR count). The van der Waals surface area contributed by atoms with Crippen LogP contribution in [-0.2, 0) is 21.6 Å². The van der Waals surface area contributed by atoms with Gasteiger partial charge in [0, 0.05) is 15.2 Å². The molecule has 0 unspecified atom stereocenters. The normalized spacial score (nSPS) is 7.21. The van der Waals surface area contributed by atoms with Gasteiger partial charge in [0.15, 0.2) is 0 Å². The maximum Gasteiger partial charge on any atom is 3.00 e. The second kappa shape index (κ2) is 18.7. The molecule has 4 heteroatoms. The zero-order valence-corrected chi connectivity index (χ0v) is 11.9. The molecule has 1 N–H and O–H groups in total. The molecule has 14 heavy (non-hydrogen) atoms. The molecule has 0 aliphatic rings. The van der Waals surface area contributed by atoms with E-state index in [4.69, 9.17) is 9.90 Å². The molecule has 0 radical (unpaired) electrons. The summed E-state index contributed by atoms with van der Waals surface area (Å²) in [5.74, 6) is 0. The van der Waals surface area contributed by atoms with Gasteiger partial charge in [-0.05, 0) is 0 Å². The van der Waals surface area contributed by atoms with E-state index in [0.29, 0.717) is 0 Å². The van der Waals surface area contributed by atoms with Gasteiger partial charge < -0.3 is 17.3 Å². The molecule has 0 spiro atoms. The summed E-state index contributed by atoms with van der Waals surface area (Å²) in [5.41, 5.74) is 1.09. The van der Waals surface area contributed by atoms with Crippen molar-refractivity contribution in [1.29, 1.82) is 0 Å². The van der Waals surface area contributed by atoms with E-state index in [9.17, 15) is 0 Å². The van der Waals surface area contributed by atoms with E-state index in [2.05, 4.69) is 39.9 Å². The van der Waals surface area contributed by atoms with E-state index in [1.165, 1.54) is 0 Å². The zero-order valence-electron chi connectivity index (χ0n) is 9.89. The molecule has 88 valence electrons. The monoisotopic (exact) mass is 262 g/mol. The fourth-order valence-corrected chi connectivity index (χ4v) is 2.25. The van der Waals surface area contributed by atoms with Crippen molar-refractivity contribution in [2.24, 2.45) is 0 Å². The molecule has 0 bridgehead atoms. The Morgan fingerprint density at radius 1 is 1.36 bits per heavy atom. The third-order valence-corrected chi connectivity index (χ3v) is 2.34. The Hall–Kier alpha value is -0.0366. The van der Waals surface area contributed by atoms with E-state index in [1.807, 2.05) is 0 Å². The molecule has 0 aromatic heterocycles. The first-order valence-electron chi connectivity index (χ1n) is 3.60. The summed E-state index contributed by atoms with van der Waals surface area (Å²) in [4.78, 5) is 7.75. The number of hydrogen-bond donors (Lipinski definition) is 1. The fraction of sp³-hybridized carbons (Fsp3) is 0.500. The number of carbonyl (C=O) groups excluding carboxylic acids is 1. The zero-order chi connectivity index (χ0) is 10.8. The van der Waals surface area contributed by atoms with Crippen molar-refractivity contribution >= 4 is 14.9 Å². The van der Waals surface area contributed by atoms with Crippen LogP contribution >= 0.6 is 0 Å².